The van der Waals surface area contributed by atoms with E-state index in [1.807, 2.05) is 6.92 Å². The van der Waals surface area contributed by atoms with E-state index >= 15 is 0 Å². The van der Waals surface area contributed by atoms with Crippen molar-refractivity contribution in [3.8, 4) is 0 Å². The highest BCUT2D eigenvalue weighted by molar-refractivity contribution is 6.02. The smallest absolute Gasteiger partial charge is 0.146 e. The summed E-state index contributed by atoms with van der Waals surface area (Å²) >= 11 is 0. The van der Waals surface area contributed by atoms with Crippen molar-refractivity contribution in [2.24, 2.45) is 5.41 Å². The van der Waals surface area contributed by atoms with Crippen molar-refractivity contribution < 1.29 is 9.59 Å². The van der Waals surface area contributed by atoms with Crippen LogP contribution in [-0.2, 0) is 9.59 Å². The van der Waals surface area contributed by atoms with Gasteiger partial charge in [-0.15, -0.1) is 0 Å². The third-order valence-corrected chi connectivity index (χ3v) is 2.43. The lowest BCUT2D eigenvalue weighted by Crippen LogP contribution is -2.15. The van der Waals surface area contributed by atoms with Crippen LogP contribution in [0.1, 0.15) is 39.5 Å². The van der Waals surface area contributed by atoms with Gasteiger partial charge in [-0.3, -0.25) is 9.59 Å². The Kier molecular flexibility index (Phi) is 2.12. The molecule has 62 valence electrons. The Morgan fingerprint density at radius 3 is 2.27 bits per heavy atom. The van der Waals surface area contributed by atoms with Crippen LogP contribution in [0.4, 0.5) is 0 Å². The van der Waals surface area contributed by atoms with E-state index in [1.54, 1.807) is 6.92 Å². The first-order chi connectivity index (χ1) is 5.08. The first kappa shape index (κ1) is 8.44. The number of hydrogen-bond donors (Lipinski definition) is 0. The largest absolute Gasteiger partial charge is 0.299 e. The van der Waals surface area contributed by atoms with Crippen molar-refractivity contribution in [3.63, 3.8) is 0 Å². The second kappa shape index (κ2) is 2.76. The van der Waals surface area contributed by atoms with E-state index in [0.29, 0.717) is 6.42 Å². The molecule has 1 fully saturated rings. The monoisotopic (exact) mass is 154 g/mol. The van der Waals surface area contributed by atoms with Gasteiger partial charge in [0.2, 0.25) is 0 Å². The van der Waals surface area contributed by atoms with Crippen LogP contribution in [0.15, 0.2) is 0 Å². The Balaban J connectivity index is 2.38. The van der Waals surface area contributed by atoms with Gasteiger partial charge in [0.25, 0.3) is 0 Å². The number of rotatable bonds is 4. The molecule has 1 aliphatic carbocycles. The molecule has 0 unspecified atom stereocenters. The van der Waals surface area contributed by atoms with Crippen molar-refractivity contribution in [1.29, 1.82) is 0 Å². The maximum Gasteiger partial charge on any atom is 0.146 e. The Hall–Kier alpha value is -0.660. The summed E-state index contributed by atoms with van der Waals surface area (Å²) in [5, 5.41) is 0. The van der Waals surface area contributed by atoms with Crippen LogP contribution in [0.25, 0.3) is 0 Å². The lowest BCUT2D eigenvalue weighted by molar-refractivity contribution is -0.129. The van der Waals surface area contributed by atoms with Crippen molar-refractivity contribution in [1.82, 2.24) is 0 Å². The number of carbonyl (C=O) groups excluding carboxylic acids is 2. The third-order valence-electron chi connectivity index (χ3n) is 2.43. The van der Waals surface area contributed by atoms with Gasteiger partial charge in [0, 0.05) is 11.8 Å². The number of Topliss-reactive ketones (excluding diaryl/α,β-unsaturated/α-hetero) is 2. The molecule has 0 N–H and O–H groups in total. The number of carbonyl (C=O) groups is 2. The SMILES string of the molecule is CCC(=O)CC(=O)C1(C)CC1. The van der Waals surface area contributed by atoms with Crippen LogP contribution in [0.2, 0.25) is 0 Å². The van der Waals surface area contributed by atoms with Crippen LogP contribution in [0, 0.1) is 5.41 Å². The molecule has 0 saturated heterocycles. The van der Waals surface area contributed by atoms with Crippen LogP contribution >= 0.6 is 0 Å². The summed E-state index contributed by atoms with van der Waals surface area (Å²) < 4.78 is 0. The summed E-state index contributed by atoms with van der Waals surface area (Å²) in [4.78, 5) is 22.2. The van der Waals surface area contributed by atoms with E-state index in [0.717, 1.165) is 12.8 Å². The van der Waals surface area contributed by atoms with E-state index < -0.39 is 0 Å². The lowest BCUT2D eigenvalue weighted by Gasteiger charge is -2.04. The maximum absolute atomic E-state index is 11.3. The molecule has 2 heteroatoms. The highest BCUT2D eigenvalue weighted by Crippen LogP contribution is 2.46. The third kappa shape index (κ3) is 1.88. The Bertz CT molecular complexity index is 190. The molecule has 2 nitrogen and oxygen atoms in total. The Morgan fingerprint density at radius 2 is 1.91 bits per heavy atom. The van der Waals surface area contributed by atoms with Crippen molar-refractivity contribution >= 4 is 11.6 Å². The molecule has 1 rings (SSSR count). The normalized spacial score (nSPS) is 19.5. The van der Waals surface area contributed by atoms with Gasteiger partial charge < -0.3 is 0 Å². The quantitative estimate of drug-likeness (QED) is 0.578. The van der Waals surface area contributed by atoms with Crippen LogP contribution in [-0.4, -0.2) is 11.6 Å². The molecule has 1 saturated carbocycles. The molecular weight excluding hydrogens is 140 g/mol. The van der Waals surface area contributed by atoms with Gasteiger partial charge in [-0.05, 0) is 12.8 Å². The maximum atomic E-state index is 11.3. The zero-order valence-electron chi connectivity index (χ0n) is 7.14. The predicted molar refractivity (Wildman–Crippen MR) is 42.3 cm³/mol. The molecule has 0 aromatic heterocycles. The molecule has 11 heavy (non-hydrogen) atoms. The molecule has 0 atom stereocenters. The van der Waals surface area contributed by atoms with E-state index in [2.05, 4.69) is 0 Å². The summed E-state index contributed by atoms with van der Waals surface area (Å²) in [7, 11) is 0. The van der Waals surface area contributed by atoms with Gasteiger partial charge in [0.1, 0.15) is 11.6 Å². The fourth-order valence-corrected chi connectivity index (χ4v) is 0.984. The van der Waals surface area contributed by atoms with E-state index in [4.69, 9.17) is 0 Å². The average molecular weight is 154 g/mol. The summed E-state index contributed by atoms with van der Waals surface area (Å²) in [6, 6.07) is 0. The van der Waals surface area contributed by atoms with Crippen molar-refractivity contribution in [2.45, 2.75) is 39.5 Å². The lowest BCUT2D eigenvalue weighted by atomic mass is 9.99. The average Bonchev–Trinajstić information content (AvgIpc) is 2.69. The fourth-order valence-electron chi connectivity index (χ4n) is 0.984. The number of hydrogen-bond acceptors (Lipinski definition) is 2. The summed E-state index contributed by atoms with van der Waals surface area (Å²) in [5.41, 5.74) is -0.120. The standard InChI is InChI=1S/C9H14O2/c1-3-7(10)6-8(11)9(2)4-5-9/h3-6H2,1-2H3. The van der Waals surface area contributed by atoms with Gasteiger partial charge in [0.15, 0.2) is 0 Å². The Labute approximate surface area is 67.0 Å². The first-order valence-electron chi connectivity index (χ1n) is 4.13. The molecule has 0 aliphatic heterocycles. The van der Waals surface area contributed by atoms with Gasteiger partial charge in [-0.25, -0.2) is 0 Å². The van der Waals surface area contributed by atoms with Crippen LogP contribution in [0.5, 0.6) is 0 Å². The summed E-state index contributed by atoms with van der Waals surface area (Å²) in [6.45, 7) is 3.74. The topological polar surface area (TPSA) is 34.1 Å². The zero-order valence-corrected chi connectivity index (χ0v) is 7.14. The van der Waals surface area contributed by atoms with Crippen molar-refractivity contribution in [2.75, 3.05) is 0 Å². The fraction of sp³-hybridized carbons (Fsp3) is 0.778. The molecular formula is C9H14O2. The van der Waals surface area contributed by atoms with Gasteiger partial charge in [0.05, 0.1) is 6.42 Å². The molecule has 0 radical (unpaired) electrons. The highest BCUT2D eigenvalue weighted by atomic mass is 16.1. The molecule has 0 heterocycles. The minimum Gasteiger partial charge on any atom is -0.299 e. The molecule has 0 aromatic rings. The van der Waals surface area contributed by atoms with E-state index in [-0.39, 0.29) is 23.4 Å². The molecule has 0 amide bonds. The first-order valence-corrected chi connectivity index (χ1v) is 4.13. The predicted octanol–water partition coefficient (Wildman–Crippen LogP) is 1.72. The van der Waals surface area contributed by atoms with Gasteiger partial charge in [-0.1, -0.05) is 13.8 Å². The minimum atomic E-state index is -0.120. The van der Waals surface area contributed by atoms with Crippen molar-refractivity contribution in [3.05, 3.63) is 0 Å². The molecule has 0 aromatic carbocycles. The Morgan fingerprint density at radius 1 is 1.36 bits per heavy atom. The summed E-state index contributed by atoms with van der Waals surface area (Å²) in [5.74, 6) is 0.215. The minimum absolute atomic E-state index is 0.0723. The zero-order chi connectivity index (χ0) is 8.48. The van der Waals surface area contributed by atoms with E-state index in [1.165, 1.54) is 0 Å². The van der Waals surface area contributed by atoms with Crippen LogP contribution < -0.4 is 0 Å². The van der Waals surface area contributed by atoms with Gasteiger partial charge in [-0.2, -0.15) is 0 Å². The second-order valence-corrected chi connectivity index (χ2v) is 3.55. The van der Waals surface area contributed by atoms with Gasteiger partial charge >= 0.3 is 0 Å². The van der Waals surface area contributed by atoms with E-state index in [9.17, 15) is 9.59 Å². The summed E-state index contributed by atoms with van der Waals surface area (Å²) in [6.07, 6.45) is 2.60. The molecule has 0 spiro atoms. The number of ketones is 2. The molecule has 0 bridgehead atoms. The van der Waals surface area contributed by atoms with Crippen LogP contribution in [0.3, 0.4) is 0 Å². The second-order valence-electron chi connectivity index (χ2n) is 3.55. The molecule has 1 aliphatic rings. The highest BCUT2D eigenvalue weighted by Gasteiger charge is 2.44.